The molecule has 0 saturated carbocycles. The quantitative estimate of drug-likeness (QED) is 0.273. The minimum absolute atomic E-state index is 0.0727. The van der Waals surface area contributed by atoms with Gasteiger partial charge in [0, 0.05) is 24.0 Å². The Labute approximate surface area is 227 Å². The molecule has 3 N–H and O–H groups in total. The van der Waals surface area contributed by atoms with E-state index in [0.29, 0.717) is 29.4 Å². The Morgan fingerprint density at radius 1 is 1.13 bits per heavy atom. The summed E-state index contributed by atoms with van der Waals surface area (Å²) in [6.07, 6.45) is 24.1. The fraction of sp³-hybridized carbons (Fsp3) is 0.455. The van der Waals surface area contributed by atoms with Gasteiger partial charge in [-0.25, -0.2) is 0 Å². The molecule has 0 fully saturated rings. The van der Waals surface area contributed by atoms with Gasteiger partial charge >= 0.3 is 5.97 Å². The SMILES string of the molecule is CCCCCCc1cccc(C(C2=CNC3C=CC=CC23)C(C)C2C=CC(C(=O)NCCC(=O)O)=CC2)c1. The molecule has 202 valence electrons. The molecule has 0 aromatic heterocycles. The summed E-state index contributed by atoms with van der Waals surface area (Å²) in [5.41, 5.74) is 4.83. The van der Waals surface area contributed by atoms with E-state index < -0.39 is 5.97 Å². The van der Waals surface area contributed by atoms with Crippen LogP contribution in [0.2, 0.25) is 0 Å². The number of rotatable bonds is 13. The summed E-state index contributed by atoms with van der Waals surface area (Å²) in [6.45, 7) is 4.74. The van der Waals surface area contributed by atoms with Crippen molar-refractivity contribution in [3.8, 4) is 0 Å². The highest BCUT2D eigenvalue weighted by Crippen LogP contribution is 2.45. The molecule has 4 rings (SSSR count). The molecule has 1 aromatic carbocycles. The molecule has 38 heavy (non-hydrogen) atoms. The van der Waals surface area contributed by atoms with Crippen molar-refractivity contribution in [2.45, 2.75) is 70.8 Å². The Morgan fingerprint density at radius 2 is 1.97 bits per heavy atom. The number of hydrogen-bond donors (Lipinski definition) is 3. The van der Waals surface area contributed by atoms with Crippen LogP contribution in [0.25, 0.3) is 0 Å². The molecule has 0 saturated heterocycles. The lowest BCUT2D eigenvalue weighted by Crippen LogP contribution is -2.29. The second-order valence-corrected chi connectivity index (χ2v) is 10.8. The van der Waals surface area contributed by atoms with Crippen LogP contribution in [-0.2, 0) is 16.0 Å². The van der Waals surface area contributed by atoms with E-state index >= 15 is 0 Å². The lowest BCUT2D eigenvalue weighted by Gasteiger charge is -2.34. The van der Waals surface area contributed by atoms with Crippen LogP contribution in [0.1, 0.15) is 69.4 Å². The fourth-order valence-electron chi connectivity index (χ4n) is 6.00. The summed E-state index contributed by atoms with van der Waals surface area (Å²) in [5.74, 6) is 0.125. The number of carboxylic acids is 1. The Hall–Kier alpha value is -3.34. The average molecular weight is 515 g/mol. The molecule has 5 nitrogen and oxygen atoms in total. The minimum atomic E-state index is -0.912. The standard InChI is InChI=1S/C33H42N2O3/c1-3-4-5-6-10-24-11-9-12-27(21-24)32(29-22-35-30-14-8-7-13-28(29)30)23(2)25-15-17-26(18-16-25)33(38)34-20-19-31(36)37/h7-9,11-15,17-18,21-23,25,28,30,32,35H,3-6,10,16,19-20H2,1-2H3,(H,34,38)(H,36,37). The lowest BCUT2D eigenvalue weighted by atomic mass is 9.69. The number of carbonyl (C=O) groups excluding carboxylic acids is 1. The van der Waals surface area contributed by atoms with E-state index in [2.05, 4.69) is 85.3 Å². The third-order valence-electron chi connectivity index (χ3n) is 8.17. The Kier molecular flexibility index (Phi) is 9.80. The van der Waals surface area contributed by atoms with Crippen LogP contribution in [0.15, 0.2) is 84.1 Å². The van der Waals surface area contributed by atoms with Crippen LogP contribution < -0.4 is 10.6 Å². The maximum absolute atomic E-state index is 12.5. The number of unbranched alkanes of at least 4 members (excludes halogenated alkanes) is 3. The number of amides is 1. The monoisotopic (exact) mass is 514 g/mol. The topological polar surface area (TPSA) is 78.4 Å². The highest BCUT2D eigenvalue weighted by atomic mass is 16.4. The molecule has 5 heteroatoms. The van der Waals surface area contributed by atoms with Crippen molar-refractivity contribution in [3.05, 3.63) is 95.3 Å². The van der Waals surface area contributed by atoms with E-state index in [0.717, 1.165) is 12.8 Å². The van der Waals surface area contributed by atoms with Crippen LogP contribution in [0.3, 0.4) is 0 Å². The van der Waals surface area contributed by atoms with Crippen LogP contribution in [0, 0.1) is 17.8 Å². The number of carbonyl (C=O) groups is 2. The molecule has 0 radical (unpaired) electrons. The fourth-order valence-corrected chi connectivity index (χ4v) is 6.00. The zero-order valence-electron chi connectivity index (χ0n) is 22.7. The van der Waals surface area contributed by atoms with Gasteiger partial charge in [-0.05, 0) is 54.0 Å². The van der Waals surface area contributed by atoms with Gasteiger partial charge < -0.3 is 15.7 Å². The van der Waals surface area contributed by atoms with Gasteiger partial charge in [0.1, 0.15) is 0 Å². The van der Waals surface area contributed by atoms with E-state index in [-0.39, 0.29) is 24.8 Å². The summed E-state index contributed by atoms with van der Waals surface area (Å²) in [7, 11) is 0. The number of aryl methyl sites for hydroxylation is 1. The normalized spacial score (nSPS) is 23.2. The van der Waals surface area contributed by atoms with Crippen LogP contribution in [-0.4, -0.2) is 29.6 Å². The number of fused-ring (bicyclic) bond motifs is 1. The van der Waals surface area contributed by atoms with E-state index in [1.807, 2.05) is 12.2 Å². The summed E-state index contributed by atoms with van der Waals surface area (Å²) in [5, 5.41) is 15.1. The second-order valence-electron chi connectivity index (χ2n) is 10.8. The van der Waals surface area contributed by atoms with Gasteiger partial charge in [0.25, 0.3) is 5.91 Å². The smallest absolute Gasteiger partial charge is 0.305 e. The zero-order valence-corrected chi connectivity index (χ0v) is 22.7. The number of allylic oxidation sites excluding steroid dienone is 4. The zero-order chi connectivity index (χ0) is 26.9. The van der Waals surface area contributed by atoms with Crippen molar-refractivity contribution in [2.24, 2.45) is 17.8 Å². The molecule has 1 aromatic rings. The van der Waals surface area contributed by atoms with Gasteiger partial charge in [0.05, 0.1) is 12.5 Å². The first-order valence-electron chi connectivity index (χ1n) is 14.3. The van der Waals surface area contributed by atoms with Gasteiger partial charge in [-0.2, -0.15) is 0 Å². The predicted molar refractivity (Wildman–Crippen MR) is 154 cm³/mol. The molecular formula is C33H42N2O3. The Balaban J connectivity index is 1.52. The third-order valence-corrected chi connectivity index (χ3v) is 8.17. The van der Waals surface area contributed by atoms with Crippen molar-refractivity contribution >= 4 is 11.9 Å². The maximum Gasteiger partial charge on any atom is 0.305 e. The summed E-state index contributed by atoms with van der Waals surface area (Å²) < 4.78 is 0. The molecular weight excluding hydrogens is 472 g/mol. The number of hydrogen-bond acceptors (Lipinski definition) is 3. The lowest BCUT2D eigenvalue weighted by molar-refractivity contribution is -0.136. The third kappa shape index (κ3) is 6.94. The largest absolute Gasteiger partial charge is 0.481 e. The van der Waals surface area contributed by atoms with E-state index in [1.165, 1.54) is 42.4 Å². The molecule has 5 atom stereocenters. The number of benzene rings is 1. The summed E-state index contributed by atoms with van der Waals surface area (Å²) in [6, 6.07) is 9.51. The molecule has 2 aliphatic carbocycles. The molecule has 3 aliphatic rings. The maximum atomic E-state index is 12.5. The Bertz CT molecular complexity index is 1140. The Morgan fingerprint density at radius 3 is 2.74 bits per heavy atom. The molecule has 1 heterocycles. The summed E-state index contributed by atoms with van der Waals surface area (Å²) in [4.78, 5) is 23.2. The molecule has 0 spiro atoms. The van der Waals surface area contributed by atoms with Crippen LogP contribution in [0.5, 0.6) is 0 Å². The highest BCUT2D eigenvalue weighted by molar-refractivity contribution is 5.96. The van der Waals surface area contributed by atoms with Crippen LogP contribution >= 0.6 is 0 Å². The first kappa shape index (κ1) is 27.7. The van der Waals surface area contributed by atoms with E-state index in [4.69, 9.17) is 5.11 Å². The number of carboxylic acid groups (broad SMARTS) is 1. The van der Waals surface area contributed by atoms with Crippen molar-refractivity contribution in [3.63, 3.8) is 0 Å². The first-order valence-corrected chi connectivity index (χ1v) is 14.3. The van der Waals surface area contributed by atoms with E-state index in [9.17, 15) is 9.59 Å². The first-order chi connectivity index (χ1) is 18.5. The van der Waals surface area contributed by atoms with Gasteiger partial charge in [0.15, 0.2) is 0 Å². The van der Waals surface area contributed by atoms with Gasteiger partial charge in [0.2, 0.25) is 0 Å². The summed E-state index contributed by atoms with van der Waals surface area (Å²) >= 11 is 0. The molecule has 0 bridgehead atoms. The second kappa shape index (κ2) is 13.5. The van der Waals surface area contributed by atoms with E-state index in [1.54, 1.807) is 0 Å². The van der Waals surface area contributed by atoms with Crippen molar-refractivity contribution in [1.29, 1.82) is 0 Å². The average Bonchev–Trinajstić information content (AvgIpc) is 3.35. The molecule has 1 aliphatic heterocycles. The number of nitrogens with one attached hydrogen (secondary N) is 2. The number of aliphatic carboxylic acids is 1. The van der Waals surface area contributed by atoms with Crippen molar-refractivity contribution in [1.82, 2.24) is 10.6 Å². The molecule has 5 unspecified atom stereocenters. The van der Waals surface area contributed by atoms with Crippen molar-refractivity contribution < 1.29 is 14.7 Å². The van der Waals surface area contributed by atoms with Gasteiger partial charge in [-0.3, -0.25) is 9.59 Å². The van der Waals surface area contributed by atoms with Gasteiger partial charge in [-0.1, -0.05) is 99.9 Å². The minimum Gasteiger partial charge on any atom is -0.481 e. The molecule has 1 amide bonds. The predicted octanol–water partition coefficient (Wildman–Crippen LogP) is 6.22. The highest BCUT2D eigenvalue weighted by Gasteiger charge is 2.37. The van der Waals surface area contributed by atoms with Crippen LogP contribution in [0.4, 0.5) is 0 Å². The van der Waals surface area contributed by atoms with Gasteiger partial charge in [-0.15, -0.1) is 0 Å². The van der Waals surface area contributed by atoms with Crippen molar-refractivity contribution in [2.75, 3.05) is 6.54 Å².